The van der Waals surface area contributed by atoms with E-state index in [-0.39, 0.29) is 18.1 Å². The van der Waals surface area contributed by atoms with Gasteiger partial charge in [0.15, 0.2) is 11.6 Å². The van der Waals surface area contributed by atoms with Crippen molar-refractivity contribution in [1.82, 2.24) is 0 Å². The van der Waals surface area contributed by atoms with Crippen LogP contribution in [0.25, 0.3) is 0 Å². The highest BCUT2D eigenvalue weighted by molar-refractivity contribution is 6.30. The molecule has 0 amide bonds. The largest absolute Gasteiger partial charge is 0.487 e. The zero-order valence-electron chi connectivity index (χ0n) is 17.3. The predicted octanol–water partition coefficient (Wildman–Crippen LogP) is 4.58. The van der Waals surface area contributed by atoms with Crippen molar-refractivity contribution in [2.24, 2.45) is 11.8 Å². The molecule has 0 radical (unpaired) electrons. The number of carboxylic acids is 1. The van der Waals surface area contributed by atoms with Gasteiger partial charge < -0.3 is 20.1 Å². The number of hydrogen-bond donors (Lipinski definition) is 3. The second kappa shape index (κ2) is 9.00. The highest BCUT2D eigenvalue weighted by Gasteiger charge is 2.45. The predicted molar refractivity (Wildman–Crippen MR) is 114 cm³/mol. The third-order valence-corrected chi connectivity index (χ3v) is 6.68. The van der Waals surface area contributed by atoms with Gasteiger partial charge >= 0.3 is 11.9 Å². The van der Waals surface area contributed by atoms with Crippen LogP contribution < -0.4 is 4.74 Å². The molecule has 0 spiro atoms. The van der Waals surface area contributed by atoms with Gasteiger partial charge in [0.2, 0.25) is 0 Å². The van der Waals surface area contributed by atoms with Crippen molar-refractivity contribution in [3.63, 3.8) is 0 Å². The lowest BCUT2D eigenvalue weighted by atomic mass is 9.87. The molecule has 0 bridgehead atoms. The maximum atomic E-state index is 14.7. The van der Waals surface area contributed by atoms with E-state index in [9.17, 15) is 28.2 Å². The number of aryl methyl sites for hydroxylation is 1. The number of ether oxygens (including phenoxy) is 1. The number of halogens is 4. The Morgan fingerprint density at radius 3 is 2.58 bits per heavy atom. The van der Waals surface area contributed by atoms with Gasteiger partial charge in [-0.2, -0.15) is 8.78 Å². The molecule has 5 atom stereocenters. The number of hydrogen-bond acceptors (Lipinski definition) is 4. The number of aliphatic hydroxyl groups excluding tert-OH is 2. The zero-order chi connectivity index (χ0) is 23.9. The molecule has 1 heterocycles. The summed E-state index contributed by atoms with van der Waals surface area (Å²) in [4.78, 5) is 11.2. The van der Waals surface area contributed by atoms with E-state index in [1.807, 2.05) is 0 Å². The summed E-state index contributed by atoms with van der Waals surface area (Å²) in [5, 5.41) is 30.2. The zero-order valence-corrected chi connectivity index (χ0v) is 18.1. The second-order valence-corrected chi connectivity index (χ2v) is 8.86. The van der Waals surface area contributed by atoms with E-state index in [0.717, 1.165) is 18.2 Å². The molecular weight excluding hydrogens is 461 g/mol. The molecular formula is C24H22ClF3O5. The Labute approximate surface area is 193 Å². The Bertz CT molecular complexity index is 1070. The van der Waals surface area contributed by atoms with Crippen LogP contribution in [0.2, 0.25) is 5.02 Å². The van der Waals surface area contributed by atoms with Crippen LogP contribution in [0.3, 0.4) is 0 Å². The van der Waals surface area contributed by atoms with Crippen molar-refractivity contribution in [2.75, 3.05) is 0 Å². The van der Waals surface area contributed by atoms with Crippen LogP contribution in [0.4, 0.5) is 13.2 Å². The standard InChI is InChI=1S/C24H22ClF3O5/c25-14-5-3-13(4-6-14)24(27,28)20(30)10-9-15-16-7-1-12-2-8-17(23(31)32)21(26)22(12)33-19(16)11-18(15)29/h2-6,8-10,15-16,18-20,29-30H,1,7,11H2,(H,31,32)/b10-9+/t15-,16-,18-,19+,20?/m1/s1. The summed E-state index contributed by atoms with van der Waals surface area (Å²) in [6, 6.07) is 7.57. The van der Waals surface area contributed by atoms with Crippen molar-refractivity contribution in [3.05, 3.63) is 76.1 Å². The first kappa shape index (κ1) is 23.6. The summed E-state index contributed by atoms with van der Waals surface area (Å²) in [6.45, 7) is 0. The van der Waals surface area contributed by atoms with E-state index in [1.165, 1.54) is 30.3 Å². The number of aliphatic hydroxyl groups is 2. The van der Waals surface area contributed by atoms with E-state index in [2.05, 4.69) is 0 Å². The van der Waals surface area contributed by atoms with Crippen LogP contribution in [-0.2, 0) is 12.3 Å². The number of alkyl halides is 2. The minimum Gasteiger partial charge on any atom is -0.487 e. The lowest BCUT2D eigenvalue weighted by Gasteiger charge is -2.23. The Balaban J connectivity index is 1.53. The fourth-order valence-electron chi connectivity index (χ4n) is 4.64. The van der Waals surface area contributed by atoms with Gasteiger partial charge in [-0.25, -0.2) is 9.18 Å². The highest BCUT2D eigenvalue weighted by Crippen LogP contribution is 2.44. The summed E-state index contributed by atoms with van der Waals surface area (Å²) < 4.78 is 49.8. The van der Waals surface area contributed by atoms with E-state index in [1.54, 1.807) is 0 Å². The first-order valence-corrected chi connectivity index (χ1v) is 10.9. The number of carbonyl (C=O) groups is 1. The van der Waals surface area contributed by atoms with Crippen LogP contribution in [0.15, 0.2) is 48.6 Å². The maximum Gasteiger partial charge on any atom is 0.338 e. The molecule has 3 N–H and O–H groups in total. The summed E-state index contributed by atoms with van der Waals surface area (Å²) in [7, 11) is 0. The Kier molecular flexibility index (Phi) is 6.44. The molecule has 2 aromatic carbocycles. The molecule has 1 unspecified atom stereocenters. The first-order valence-electron chi connectivity index (χ1n) is 10.5. The van der Waals surface area contributed by atoms with Gasteiger partial charge in [-0.15, -0.1) is 0 Å². The van der Waals surface area contributed by atoms with Crippen LogP contribution in [0.5, 0.6) is 5.75 Å². The topological polar surface area (TPSA) is 87.0 Å². The van der Waals surface area contributed by atoms with Gasteiger partial charge in [0.1, 0.15) is 12.2 Å². The maximum absolute atomic E-state index is 14.7. The summed E-state index contributed by atoms with van der Waals surface area (Å²) in [6.07, 6.45) is -0.409. The molecule has 1 aliphatic heterocycles. The summed E-state index contributed by atoms with van der Waals surface area (Å²) in [5.74, 6) is -7.02. The van der Waals surface area contributed by atoms with Gasteiger partial charge in [-0.1, -0.05) is 42.0 Å². The molecule has 33 heavy (non-hydrogen) atoms. The number of carboxylic acid groups (broad SMARTS) is 1. The van der Waals surface area contributed by atoms with Gasteiger partial charge in [-0.3, -0.25) is 0 Å². The van der Waals surface area contributed by atoms with E-state index < -0.39 is 53.1 Å². The SMILES string of the molecule is O=C(O)c1ccc2c(c1F)O[C@H]1C[C@@H](O)[C@H](/C=C/C(O)C(F)(F)c3ccc(Cl)cc3)[C@H]1CC2. The van der Waals surface area contributed by atoms with Crippen LogP contribution in [0.1, 0.15) is 34.3 Å². The van der Waals surface area contributed by atoms with Crippen molar-refractivity contribution in [3.8, 4) is 5.75 Å². The van der Waals surface area contributed by atoms with Crippen LogP contribution in [-0.4, -0.2) is 39.6 Å². The minimum absolute atomic E-state index is 0.125. The molecule has 2 aliphatic rings. The number of aromatic carboxylic acids is 1. The lowest BCUT2D eigenvalue weighted by molar-refractivity contribution is -0.0930. The van der Waals surface area contributed by atoms with Crippen molar-refractivity contribution in [2.45, 2.75) is 43.5 Å². The third-order valence-electron chi connectivity index (χ3n) is 6.43. The molecule has 0 aromatic heterocycles. The van der Waals surface area contributed by atoms with Crippen molar-refractivity contribution in [1.29, 1.82) is 0 Å². The summed E-state index contributed by atoms with van der Waals surface area (Å²) >= 11 is 5.74. The number of fused-ring (bicyclic) bond motifs is 2. The average Bonchev–Trinajstić information content (AvgIpc) is 2.93. The minimum atomic E-state index is -3.57. The molecule has 1 fully saturated rings. The van der Waals surface area contributed by atoms with E-state index in [4.69, 9.17) is 21.4 Å². The fourth-order valence-corrected chi connectivity index (χ4v) is 4.77. The first-order chi connectivity index (χ1) is 15.6. The molecule has 4 rings (SSSR count). The van der Waals surface area contributed by atoms with Crippen LogP contribution >= 0.6 is 11.6 Å². The van der Waals surface area contributed by atoms with E-state index >= 15 is 0 Å². The second-order valence-electron chi connectivity index (χ2n) is 8.42. The smallest absolute Gasteiger partial charge is 0.338 e. The van der Waals surface area contributed by atoms with Gasteiger partial charge in [-0.05, 0) is 36.6 Å². The van der Waals surface area contributed by atoms with Crippen molar-refractivity contribution < 1.29 is 38.0 Å². The lowest BCUT2D eigenvalue weighted by Crippen LogP contribution is -2.30. The van der Waals surface area contributed by atoms with Gasteiger partial charge in [0.25, 0.3) is 0 Å². The summed E-state index contributed by atoms with van der Waals surface area (Å²) in [5.41, 5.74) is -0.389. The van der Waals surface area contributed by atoms with Gasteiger partial charge in [0.05, 0.1) is 11.7 Å². The molecule has 1 saturated carbocycles. The number of benzene rings is 2. The monoisotopic (exact) mass is 482 g/mol. The van der Waals surface area contributed by atoms with Crippen LogP contribution in [0, 0.1) is 17.7 Å². The quantitative estimate of drug-likeness (QED) is 0.543. The Morgan fingerprint density at radius 2 is 1.91 bits per heavy atom. The third kappa shape index (κ3) is 4.47. The van der Waals surface area contributed by atoms with Crippen molar-refractivity contribution >= 4 is 17.6 Å². The normalized spacial score (nSPS) is 25.8. The molecule has 1 aliphatic carbocycles. The Hall–Kier alpha value is -2.55. The Morgan fingerprint density at radius 1 is 1.21 bits per heavy atom. The molecule has 9 heteroatoms. The van der Waals surface area contributed by atoms with E-state index in [0.29, 0.717) is 23.4 Å². The highest BCUT2D eigenvalue weighted by atomic mass is 35.5. The molecule has 0 saturated heterocycles. The molecule has 176 valence electrons. The molecule has 5 nitrogen and oxygen atoms in total. The van der Waals surface area contributed by atoms with Gasteiger partial charge in [0, 0.05) is 28.8 Å². The average molecular weight is 483 g/mol. The molecule has 2 aromatic rings. The fraction of sp³-hybridized carbons (Fsp3) is 0.375. The number of rotatable bonds is 5.